The van der Waals surface area contributed by atoms with Gasteiger partial charge in [0, 0.05) is 58.6 Å². The summed E-state index contributed by atoms with van der Waals surface area (Å²) >= 11 is 2.70. The highest BCUT2D eigenvalue weighted by Crippen LogP contribution is 2.34. The summed E-state index contributed by atoms with van der Waals surface area (Å²) in [5, 5.41) is 33.4. The molecule has 2 saturated heterocycles. The quantitative estimate of drug-likeness (QED) is 0.137. The van der Waals surface area contributed by atoms with E-state index < -0.39 is 47.2 Å². The molecule has 2 aromatic heterocycles. The molecular formula is C42H52N4O6S2. The summed E-state index contributed by atoms with van der Waals surface area (Å²) in [4.78, 5) is 35.6. The van der Waals surface area contributed by atoms with Gasteiger partial charge in [-0.1, -0.05) is 113 Å². The third-order valence-electron chi connectivity index (χ3n) is 9.94. The van der Waals surface area contributed by atoms with Gasteiger partial charge in [-0.25, -0.2) is 19.6 Å². The molecule has 54 heavy (non-hydrogen) atoms. The van der Waals surface area contributed by atoms with Crippen molar-refractivity contribution >= 4 is 46.8 Å². The minimum absolute atomic E-state index is 0.123. The lowest BCUT2D eigenvalue weighted by Gasteiger charge is -2.36. The monoisotopic (exact) mass is 772 g/mol. The van der Waals surface area contributed by atoms with Gasteiger partial charge < -0.3 is 30.3 Å². The van der Waals surface area contributed by atoms with E-state index in [1.807, 2.05) is 102 Å². The molecule has 0 radical (unpaired) electrons. The van der Waals surface area contributed by atoms with E-state index in [0.29, 0.717) is 22.9 Å². The molecule has 0 saturated carbocycles. The first-order valence-electron chi connectivity index (χ1n) is 18.3. The Hall–Kier alpha value is -4.04. The summed E-state index contributed by atoms with van der Waals surface area (Å²) in [6.07, 6.45) is 28.5. The van der Waals surface area contributed by atoms with E-state index in [2.05, 4.69) is 32.8 Å². The molecule has 5 heterocycles. The number of allylic oxidation sites excluding steroid dienone is 6. The molecule has 0 aliphatic carbocycles. The SMILES string of the molecule is C/C=C/[C@H](O)C(C)(C)[C@@H]1C/C=C\[C@H]2N[C@H]2/C=C/C=C\c2nc(cs2)C(=O)O[C@H](C(C)(C)[C@@H](O)/C=C/C)C/C=C\[C@H]2N[C@H]2/C=C/C=C\c2nc(cs2)C(=O)O1. The molecular weight excluding hydrogens is 721 g/mol. The molecule has 288 valence electrons. The van der Waals surface area contributed by atoms with Crippen LogP contribution in [0.25, 0.3) is 12.2 Å². The maximum Gasteiger partial charge on any atom is 0.358 e. The fourth-order valence-corrected chi connectivity index (χ4v) is 7.30. The molecule has 0 aromatic carbocycles. The van der Waals surface area contributed by atoms with Crippen molar-refractivity contribution in [1.82, 2.24) is 20.6 Å². The zero-order valence-electron chi connectivity index (χ0n) is 31.7. The van der Waals surface area contributed by atoms with Crippen LogP contribution in [0.3, 0.4) is 0 Å². The fraction of sp³-hybridized carbons (Fsp3) is 0.429. The number of nitrogens with zero attached hydrogens (tertiary/aromatic N) is 2. The Morgan fingerprint density at radius 3 is 1.46 bits per heavy atom. The number of thiazole rings is 2. The first-order valence-corrected chi connectivity index (χ1v) is 20.1. The summed E-state index contributed by atoms with van der Waals surface area (Å²) < 4.78 is 12.0. The summed E-state index contributed by atoms with van der Waals surface area (Å²) in [7, 11) is 0. The van der Waals surface area contributed by atoms with Gasteiger partial charge in [-0.3, -0.25) is 0 Å². The van der Waals surface area contributed by atoms with E-state index in [-0.39, 0.29) is 35.6 Å². The molecule has 8 atom stereocenters. The van der Waals surface area contributed by atoms with Gasteiger partial charge in [0.2, 0.25) is 0 Å². The molecule has 2 fully saturated rings. The van der Waals surface area contributed by atoms with Gasteiger partial charge in [-0.2, -0.15) is 0 Å². The number of aliphatic hydroxyl groups is 2. The van der Waals surface area contributed by atoms with Crippen LogP contribution in [0.15, 0.2) is 95.8 Å². The molecule has 3 aliphatic heterocycles. The van der Waals surface area contributed by atoms with Crippen molar-refractivity contribution in [2.24, 2.45) is 10.8 Å². The van der Waals surface area contributed by atoms with Crippen LogP contribution < -0.4 is 10.6 Å². The first kappa shape index (κ1) is 41.1. The number of nitrogens with one attached hydrogen (secondary N) is 2. The highest BCUT2D eigenvalue weighted by atomic mass is 32.1. The van der Waals surface area contributed by atoms with E-state index in [9.17, 15) is 19.8 Å². The molecule has 10 nitrogen and oxygen atoms in total. The van der Waals surface area contributed by atoms with Gasteiger partial charge in [0.15, 0.2) is 11.4 Å². The number of hydrogen-bond donors (Lipinski definition) is 4. The van der Waals surface area contributed by atoms with Crippen LogP contribution in [0.5, 0.6) is 0 Å². The smallest absolute Gasteiger partial charge is 0.358 e. The minimum Gasteiger partial charge on any atom is -0.457 e. The second-order valence-corrected chi connectivity index (χ2v) is 16.5. The van der Waals surface area contributed by atoms with Crippen LogP contribution in [-0.4, -0.2) is 80.7 Å². The van der Waals surface area contributed by atoms with Crippen LogP contribution in [0, 0.1) is 10.8 Å². The number of fused-ring (bicyclic) bond motifs is 6. The summed E-state index contributed by atoms with van der Waals surface area (Å²) in [5.41, 5.74) is -1.08. The molecule has 2 aromatic rings. The molecule has 4 N–H and O–H groups in total. The third-order valence-corrected chi connectivity index (χ3v) is 11.6. The largest absolute Gasteiger partial charge is 0.457 e. The number of rotatable bonds is 6. The van der Waals surface area contributed by atoms with Crippen LogP contribution >= 0.6 is 22.7 Å². The molecule has 0 unspecified atom stereocenters. The Morgan fingerprint density at radius 1 is 0.685 bits per heavy atom. The average molecular weight is 773 g/mol. The zero-order valence-corrected chi connectivity index (χ0v) is 33.3. The van der Waals surface area contributed by atoms with Crippen LogP contribution in [0.4, 0.5) is 0 Å². The van der Waals surface area contributed by atoms with Crippen molar-refractivity contribution in [2.45, 2.75) is 103 Å². The standard InChI is InChI=1S/C42H52N4O6S2/c1-7-15-33(47)41(3,4)35-21-13-19-29-27(43-29)17-9-12-24-38-46-32(26-54-38)40(50)52-36(42(5,6)34(48)16-8-2)22-14-20-30-28(44-30)18-10-11-23-37-45-31(25-53-37)39(49)51-35/h7-20,23-30,33-36,43-44,47-48H,21-22H2,1-6H3/b15-7+,16-8+,17-9+,18-10+,19-13-,20-14-,23-11-,24-12-/t27-,28-,29+,30+,33-,34-,35-,36-/m0/s1. The number of carbonyl (C=O) groups is 2. The Bertz CT molecular complexity index is 1710. The highest BCUT2D eigenvalue weighted by molar-refractivity contribution is 7.11. The lowest BCUT2D eigenvalue weighted by atomic mass is 9.79. The molecule has 12 heteroatoms. The Morgan fingerprint density at radius 2 is 1.07 bits per heavy atom. The summed E-state index contributed by atoms with van der Waals surface area (Å²) in [6.45, 7) is 11.3. The first-order chi connectivity index (χ1) is 25.8. The number of carbonyl (C=O) groups excluding carboxylic acids is 2. The highest BCUT2D eigenvalue weighted by Gasteiger charge is 2.40. The summed E-state index contributed by atoms with van der Waals surface area (Å²) in [6, 6.07) is 0.526. The van der Waals surface area contributed by atoms with Gasteiger partial charge in [0.1, 0.15) is 22.2 Å². The van der Waals surface area contributed by atoms with Gasteiger partial charge in [0.05, 0.1) is 12.2 Å². The normalized spacial score (nSPS) is 30.5. The van der Waals surface area contributed by atoms with E-state index in [0.717, 1.165) is 0 Å². The van der Waals surface area contributed by atoms with Gasteiger partial charge in [-0.15, -0.1) is 22.7 Å². The number of aliphatic hydroxyl groups excluding tert-OH is 2. The maximum atomic E-state index is 13.3. The molecule has 3 aliphatic rings. The van der Waals surface area contributed by atoms with Crippen molar-refractivity contribution in [3.63, 3.8) is 0 Å². The van der Waals surface area contributed by atoms with Crippen molar-refractivity contribution < 1.29 is 29.3 Å². The Kier molecular flexibility index (Phi) is 14.1. The van der Waals surface area contributed by atoms with Crippen LogP contribution in [-0.2, 0) is 9.47 Å². The minimum atomic E-state index is -0.819. The fourth-order valence-electron chi connectivity index (χ4n) is 5.92. The van der Waals surface area contributed by atoms with Crippen molar-refractivity contribution in [2.75, 3.05) is 0 Å². The van der Waals surface area contributed by atoms with Gasteiger partial charge in [0.25, 0.3) is 0 Å². The average Bonchev–Trinajstić information content (AvgIpc) is 3.93. The van der Waals surface area contributed by atoms with Crippen molar-refractivity contribution in [3.05, 3.63) is 117 Å². The predicted molar refractivity (Wildman–Crippen MR) is 217 cm³/mol. The van der Waals surface area contributed by atoms with Crippen LogP contribution in [0.2, 0.25) is 0 Å². The number of esters is 2. The second-order valence-electron chi connectivity index (χ2n) is 14.8. The van der Waals surface area contributed by atoms with Crippen LogP contribution in [0.1, 0.15) is 85.4 Å². The number of hydrogen-bond acceptors (Lipinski definition) is 12. The Balaban J connectivity index is 1.35. The lowest BCUT2D eigenvalue weighted by Crippen LogP contribution is -2.42. The molecule has 4 bridgehead atoms. The number of cyclic esters (lactones) is 2. The molecule has 0 amide bonds. The number of aromatic nitrogens is 2. The lowest BCUT2D eigenvalue weighted by molar-refractivity contribution is -0.0461. The maximum absolute atomic E-state index is 13.3. The second kappa shape index (κ2) is 18.5. The summed E-state index contributed by atoms with van der Waals surface area (Å²) in [5.74, 6) is -1.06. The van der Waals surface area contributed by atoms with E-state index in [1.54, 1.807) is 35.1 Å². The topological polar surface area (TPSA) is 163 Å². The Labute approximate surface area is 326 Å². The predicted octanol–water partition coefficient (Wildman–Crippen LogP) is 7.00. The van der Waals surface area contributed by atoms with Gasteiger partial charge in [-0.05, 0) is 26.0 Å². The van der Waals surface area contributed by atoms with Crippen molar-refractivity contribution in [3.8, 4) is 0 Å². The molecule has 0 spiro atoms. The van der Waals surface area contributed by atoms with Crippen molar-refractivity contribution in [1.29, 1.82) is 0 Å². The van der Waals surface area contributed by atoms with Gasteiger partial charge >= 0.3 is 11.9 Å². The molecule has 5 rings (SSSR count). The zero-order chi connectivity index (χ0) is 38.9. The van der Waals surface area contributed by atoms with E-state index >= 15 is 0 Å². The number of ether oxygens (including phenoxy) is 2. The van der Waals surface area contributed by atoms with E-state index in [1.165, 1.54) is 22.7 Å². The third kappa shape index (κ3) is 11.0. The van der Waals surface area contributed by atoms with E-state index in [4.69, 9.17) is 9.47 Å².